The van der Waals surface area contributed by atoms with Gasteiger partial charge in [0, 0.05) is 5.02 Å². The number of benzene rings is 2. The van der Waals surface area contributed by atoms with Crippen LogP contribution in [-0.2, 0) is 12.7 Å². The normalized spacial score (nSPS) is 19.6. The molecule has 0 bridgehead atoms. The minimum atomic E-state index is -4.89. The van der Waals surface area contributed by atoms with Crippen LogP contribution in [0.1, 0.15) is 11.3 Å². The summed E-state index contributed by atoms with van der Waals surface area (Å²) in [6, 6.07) is 8.20. The van der Waals surface area contributed by atoms with Crippen molar-refractivity contribution in [1.29, 1.82) is 0 Å². The van der Waals surface area contributed by atoms with Crippen LogP contribution in [0.5, 0.6) is 5.75 Å². The van der Waals surface area contributed by atoms with Gasteiger partial charge >= 0.3 is 6.18 Å². The van der Waals surface area contributed by atoms with Gasteiger partial charge in [0.15, 0.2) is 5.58 Å². The maximum Gasteiger partial charge on any atom is 0.450 e. The van der Waals surface area contributed by atoms with Gasteiger partial charge < -0.3 is 19.3 Å². The fraction of sp³-hybridized carbons (Fsp3) is 0.318. The topological polar surface area (TPSA) is 59.3 Å². The second-order valence-electron chi connectivity index (χ2n) is 7.96. The molecule has 0 atom stereocenters. The van der Waals surface area contributed by atoms with Gasteiger partial charge in [-0.25, -0.2) is 0 Å². The largest absolute Gasteiger partial charge is 0.507 e. The fourth-order valence-corrected chi connectivity index (χ4v) is 4.14. The van der Waals surface area contributed by atoms with E-state index in [1.165, 1.54) is 41.3 Å². The summed E-state index contributed by atoms with van der Waals surface area (Å²) in [6.07, 6.45) is -4.89. The zero-order valence-corrected chi connectivity index (χ0v) is 17.5. The number of hydrogen-bond acceptors (Lipinski definition) is 3. The number of hydrogen-bond donors (Lipinski definition) is 3. The van der Waals surface area contributed by atoms with E-state index in [0.29, 0.717) is 5.02 Å². The van der Waals surface area contributed by atoms with Gasteiger partial charge in [0.05, 0.1) is 23.6 Å². The highest BCUT2D eigenvalue weighted by Crippen LogP contribution is 2.39. The summed E-state index contributed by atoms with van der Waals surface area (Å²) in [5.41, 5.74) is -1.29. The number of aromatic hydroxyl groups is 1. The van der Waals surface area contributed by atoms with E-state index in [9.17, 15) is 23.1 Å². The average molecular weight is 455 g/mol. The van der Waals surface area contributed by atoms with E-state index in [4.69, 9.17) is 16.0 Å². The van der Waals surface area contributed by atoms with Crippen molar-refractivity contribution in [2.75, 3.05) is 33.2 Å². The van der Waals surface area contributed by atoms with Crippen LogP contribution in [0.2, 0.25) is 5.02 Å². The molecule has 3 N–H and O–H groups in total. The van der Waals surface area contributed by atoms with Gasteiger partial charge in [0.1, 0.15) is 38.5 Å². The highest BCUT2D eigenvalue weighted by molar-refractivity contribution is 6.30. The molecule has 2 aromatic carbocycles. The Morgan fingerprint density at radius 1 is 1.06 bits per heavy atom. The molecule has 0 radical (unpaired) electrons. The summed E-state index contributed by atoms with van der Waals surface area (Å²) < 4.78 is 47.1. The van der Waals surface area contributed by atoms with Crippen LogP contribution in [0.15, 0.2) is 45.6 Å². The Kier molecular flexibility index (Phi) is 5.72. The Labute approximate surface area is 181 Å². The number of halogens is 4. The Bertz CT molecular complexity index is 1170. The smallest absolute Gasteiger partial charge is 0.450 e. The molecule has 9 heteroatoms. The second kappa shape index (κ2) is 8.18. The van der Waals surface area contributed by atoms with Crippen molar-refractivity contribution < 1.29 is 32.5 Å². The number of phenolic OH excluding ortho intramolecular Hbond substituents is 1. The summed E-state index contributed by atoms with van der Waals surface area (Å²) >= 11 is 5.85. The Hall–Kier alpha value is -2.55. The van der Waals surface area contributed by atoms with Crippen LogP contribution < -0.4 is 15.2 Å². The van der Waals surface area contributed by atoms with Gasteiger partial charge in [-0.05, 0) is 29.8 Å². The van der Waals surface area contributed by atoms with Crippen LogP contribution in [0.25, 0.3) is 22.1 Å². The van der Waals surface area contributed by atoms with Crippen molar-refractivity contribution in [2.45, 2.75) is 12.7 Å². The molecule has 0 spiro atoms. The van der Waals surface area contributed by atoms with Crippen LogP contribution in [-0.4, -0.2) is 38.3 Å². The van der Waals surface area contributed by atoms with E-state index in [0.717, 1.165) is 31.1 Å². The number of nitrogens with one attached hydrogen (secondary N) is 2. The molecular formula is C22H22ClF3N2O3+2. The maximum atomic E-state index is 13.9. The molecule has 2 heterocycles. The van der Waals surface area contributed by atoms with Gasteiger partial charge in [0.2, 0.25) is 11.2 Å². The zero-order valence-electron chi connectivity index (χ0n) is 16.8. The van der Waals surface area contributed by atoms with Gasteiger partial charge in [-0.2, -0.15) is 13.2 Å². The molecule has 0 saturated carbocycles. The van der Waals surface area contributed by atoms with Crippen LogP contribution in [0, 0.1) is 0 Å². The van der Waals surface area contributed by atoms with E-state index in [-0.39, 0.29) is 34.4 Å². The summed E-state index contributed by atoms with van der Waals surface area (Å²) in [5, 5.41) is 10.8. The number of fused-ring (bicyclic) bond motifs is 1. The first kappa shape index (κ1) is 21.7. The standard InChI is InChI=1S/C22H20ClF3N2O3/c1-27-8-10-28(11-9-27)12-16-17(29)7-6-15-19(30)18(13-2-4-14(23)5-3-13)21(22(24,25)26)31-20(15)16/h2-7,29H,8-12H2,1H3/p+2. The Morgan fingerprint density at radius 3 is 2.32 bits per heavy atom. The fourth-order valence-electron chi connectivity index (χ4n) is 4.01. The van der Waals surface area contributed by atoms with Crippen molar-refractivity contribution in [1.82, 2.24) is 0 Å². The lowest BCUT2D eigenvalue weighted by atomic mass is 10.00. The predicted octanol–water partition coefficient (Wildman–Crippen LogP) is 1.75. The molecule has 5 nitrogen and oxygen atoms in total. The number of phenols is 1. The quantitative estimate of drug-likeness (QED) is 0.565. The Morgan fingerprint density at radius 2 is 1.71 bits per heavy atom. The number of quaternary nitrogens is 2. The lowest BCUT2D eigenvalue weighted by molar-refractivity contribution is -1.01. The molecule has 1 aliphatic heterocycles. The van der Waals surface area contributed by atoms with Crippen LogP contribution in [0.4, 0.5) is 13.2 Å². The van der Waals surface area contributed by atoms with Crippen molar-refractivity contribution in [2.24, 2.45) is 0 Å². The molecule has 1 aliphatic rings. The number of alkyl halides is 3. The van der Waals surface area contributed by atoms with Gasteiger partial charge in [-0.3, -0.25) is 4.79 Å². The lowest BCUT2D eigenvalue weighted by Crippen LogP contribution is -3.26. The molecule has 1 aromatic heterocycles. The number of rotatable bonds is 3. The van der Waals surface area contributed by atoms with Crippen molar-refractivity contribution in [3.63, 3.8) is 0 Å². The van der Waals surface area contributed by atoms with E-state index < -0.39 is 22.9 Å². The van der Waals surface area contributed by atoms with E-state index in [1.807, 2.05) is 0 Å². The molecule has 3 aromatic rings. The molecule has 0 unspecified atom stereocenters. The van der Waals surface area contributed by atoms with E-state index >= 15 is 0 Å². The van der Waals surface area contributed by atoms with Gasteiger partial charge in [-0.1, -0.05) is 23.7 Å². The Balaban J connectivity index is 1.92. The van der Waals surface area contributed by atoms with Gasteiger partial charge in [0.25, 0.3) is 0 Å². The van der Waals surface area contributed by atoms with Crippen LogP contribution in [0.3, 0.4) is 0 Å². The first-order valence-corrected chi connectivity index (χ1v) is 10.3. The predicted molar refractivity (Wildman–Crippen MR) is 111 cm³/mol. The molecule has 4 rings (SSSR count). The van der Waals surface area contributed by atoms with Crippen molar-refractivity contribution in [3.05, 3.63) is 63.0 Å². The minimum absolute atomic E-state index is 0.00454. The van der Waals surface area contributed by atoms with Crippen molar-refractivity contribution in [3.8, 4) is 16.9 Å². The first-order chi connectivity index (χ1) is 14.6. The number of piperazine rings is 1. The summed E-state index contributed by atoms with van der Waals surface area (Å²) in [4.78, 5) is 15.7. The molecule has 1 saturated heterocycles. The molecule has 164 valence electrons. The molecule has 0 aliphatic carbocycles. The summed E-state index contributed by atoms with van der Waals surface area (Å²) in [7, 11) is 2.08. The van der Waals surface area contributed by atoms with Crippen LogP contribution >= 0.6 is 11.6 Å². The highest BCUT2D eigenvalue weighted by Gasteiger charge is 2.40. The van der Waals surface area contributed by atoms with Crippen molar-refractivity contribution >= 4 is 22.6 Å². The maximum absolute atomic E-state index is 13.9. The van der Waals surface area contributed by atoms with Gasteiger partial charge in [-0.15, -0.1) is 0 Å². The highest BCUT2D eigenvalue weighted by atomic mass is 35.5. The molecule has 1 fully saturated rings. The van der Waals surface area contributed by atoms with E-state index in [2.05, 4.69) is 7.05 Å². The molecular weight excluding hydrogens is 433 g/mol. The summed E-state index contributed by atoms with van der Waals surface area (Å²) in [5.74, 6) is -1.56. The SMILES string of the molecule is C[NH+]1CC[NH+](Cc2c(O)ccc3c(=O)c(-c4ccc(Cl)cc4)c(C(F)(F)F)oc23)CC1. The third-order valence-corrected chi connectivity index (χ3v) is 6.02. The lowest BCUT2D eigenvalue weighted by Gasteiger charge is -2.27. The second-order valence-corrected chi connectivity index (χ2v) is 8.40. The summed E-state index contributed by atoms with van der Waals surface area (Å²) in [6.45, 7) is 3.72. The molecule has 31 heavy (non-hydrogen) atoms. The zero-order chi connectivity index (χ0) is 22.3. The number of likely N-dealkylation sites (N-methyl/N-ethyl adjacent to an activating group) is 1. The molecule has 0 amide bonds. The van der Waals surface area contributed by atoms with E-state index in [1.54, 1.807) is 0 Å². The monoisotopic (exact) mass is 454 g/mol. The first-order valence-electron chi connectivity index (χ1n) is 9.95. The third-order valence-electron chi connectivity index (χ3n) is 5.77. The average Bonchev–Trinajstić information content (AvgIpc) is 2.71. The third kappa shape index (κ3) is 4.28. The minimum Gasteiger partial charge on any atom is -0.507 e.